The Hall–Kier alpha value is -3.32. The number of amides is 1. The van der Waals surface area contributed by atoms with Crippen molar-refractivity contribution in [2.24, 2.45) is 0 Å². The minimum atomic E-state index is -3.47. The number of hydrogen-bond donors (Lipinski definition) is 3. The average molecular weight is 598 g/mol. The number of fused-ring (bicyclic) bond motifs is 3. The molecule has 1 aromatic carbocycles. The molecule has 2 bridgehead atoms. The van der Waals surface area contributed by atoms with Crippen LogP contribution in [-0.2, 0) is 9.84 Å². The van der Waals surface area contributed by atoms with Crippen LogP contribution >= 0.6 is 0 Å². The van der Waals surface area contributed by atoms with Crippen LogP contribution in [0.25, 0.3) is 10.9 Å². The van der Waals surface area contributed by atoms with Gasteiger partial charge in [0.05, 0.1) is 11.6 Å². The SMILES string of the molecule is CC(C)n1c(=O)c(OC(=O)N[C@@H]2C[C@H]3CC[C@@H](C2)N3CC(O)CNC(c2cccnc2)S(C)(=O)=O)cc2ccccc21. The van der Waals surface area contributed by atoms with Crippen molar-refractivity contribution < 1.29 is 23.1 Å². The van der Waals surface area contributed by atoms with Gasteiger partial charge in [0, 0.05) is 66.9 Å². The van der Waals surface area contributed by atoms with Crippen LogP contribution in [0.2, 0.25) is 0 Å². The van der Waals surface area contributed by atoms with Crippen molar-refractivity contribution in [1.29, 1.82) is 0 Å². The number of sulfone groups is 1. The minimum Gasteiger partial charge on any atom is -0.404 e. The van der Waals surface area contributed by atoms with Crippen molar-refractivity contribution in [2.75, 3.05) is 19.3 Å². The quantitative estimate of drug-likeness (QED) is 0.322. The van der Waals surface area contributed by atoms with Crippen molar-refractivity contribution >= 4 is 26.8 Å². The van der Waals surface area contributed by atoms with Crippen LogP contribution in [0.3, 0.4) is 0 Å². The zero-order valence-corrected chi connectivity index (χ0v) is 25.0. The summed E-state index contributed by atoms with van der Waals surface area (Å²) in [5.74, 6) is -0.00499. The van der Waals surface area contributed by atoms with Gasteiger partial charge in [0.1, 0.15) is 5.37 Å². The Balaban J connectivity index is 1.17. The highest BCUT2D eigenvalue weighted by Gasteiger charge is 2.42. The number of aliphatic hydroxyl groups excluding tert-OH is 1. The molecule has 3 aromatic rings. The van der Waals surface area contributed by atoms with Crippen LogP contribution in [0.15, 0.2) is 59.7 Å². The molecule has 0 spiro atoms. The summed E-state index contributed by atoms with van der Waals surface area (Å²) in [5, 5.41) is 16.6. The molecule has 0 aliphatic carbocycles. The van der Waals surface area contributed by atoms with Gasteiger partial charge in [0.15, 0.2) is 15.6 Å². The highest BCUT2D eigenvalue weighted by atomic mass is 32.2. The normalized spacial score (nSPS) is 22.3. The summed E-state index contributed by atoms with van der Waals surface area (Å²) < 4.78 is 31.9. The molecule has 5 rings (SSSR count). The van der Waals surface area contributed by atoms with Crippen molar-refractivity contribution in [3.05, 3.63) is 70.8 Å². The third-order valence-corrected chi connectivity index (χ3v) is 9.51. The summed E-state index contributed by atoms with van der Waals surface area (Å²) in [5.41, 5.74) is 0.964. The lowest BCUT2D eigenvalue weighted by atomic mass is 9.97. The van der Waals surface area contributed by atoms with Gasteiger partial charge in [0.25, 0.3) is 5.56 Å². The van der Waals surface area contributed by atoms with E-state index in [0.717, 1.165) is 30.0 Å². The number of piperidine rings is 1. The first-order chi connectivity index (χ1) is 20.0. The van der Waals surface area contributed by atoms with Crippen molar-refractivity contribution in [2.45, 2.75) is 75.2 Å². The monoisotopic (exact) mass is 597 g/mol. The molecule has 0 saturated carbocycles. The van der Waals surface area contributed by atoms with Gasteiger partial charge in [-0.1, -0.05) is 24.3 Å². The number of benzene rings is 1. The lowest BCUT2D eigenvalue weighted by Crippen LogP contribution is -2.53. The zero-order valence-electron chi connectivity index (χ0n) is 24.1. The predicted octanol–water partition coefficient (Wildman–Crippen LogP) is 2.76. The first-order valence-electron chi connectivity index (χ1n) is 14.4. The summed E-state index contributed by atoms with van der Waals surface area (Å²) in [4.78, 5) is 32.3. The fourth-order valence-corrected chi connectivity index (χ4v) is 7.46. The van der Waals surface area contributed by atoms with Crippen LogP contribution in [0.5, 0.6) is 5.75 Å². The number of para-hydroxylation sites is 1. The van der Waals surface area contributed by atoms with Crippen LogP contribution in [0.1, 0.15) is 56.5 Å². The summed E-state index contributed by atoms with van der Waals surface area (Å²) in [6, 6.07) is 12.6. The second-order valence-electron chi connectivity index (χ2n) is 11.7. The molecule has 12 heteroatoms. The molecule has 4 heterocycles. The van der Waals surface area contributed by atoms with Gasteiger partial charge < -0.3 is 19.7 Å². The van der Waals surface area contributed by atoms with E-state index in [9.17, 15) is 23.1 Å². The second kappa shape index (κ2) is 12.5. The number of aliphatic hydroxyl groups is 1. The Bertz CT molecular complexity index is 1560. The van der Waals surface area contributed by atoms with Crippen LogP contribution in [0.4, 0.5) is 4.79 Å². The number of aromatic nitrogens is 2. The zero-order chi connectivity index (χ0) is 30.0. The van der Waals surface area contributed by atoms with Gasteiger partial charge in [-0.25, -0.2) is 13.2 Å². The number of ether oxygens (including phenoxy) is 1. The van der Waals surface area contributed by atoms with Crippen molar-refractivity contribution in [3.8, 4) is 5.75 Å². The third-order valence-electron chi connectivity index (χ3n) is 8.21. The molecule has 2 aliphatic rings. The van der Waals surface area contributed by atoms with E-state index in [2.05, 4.69) is 20.5 Å². The number of carbonyl (C=O) groups is 1. The van der Waals surface area contributed by atoms with Gasteiger partial charge in [-0.15, -0.1) is 0 Å². The van der Waals surface area contributed by atoms with E-state index < -0.39 is 27.4 Å². The summed E-state index contributed by atoms with van der Waals surface area (Å²) in [6.07, 6.45) is 6.11. The van der Waals surface area contributed by atoms with Gasteiger partial charge >= 0.3 is 6.09 Å². The number of nitrogens with one attached hydrogen (secondary N) is 2. The fraction of sp³-hybridized carbons (Fsp3) is 0.500. The molecule has 2 saturated heterocycles. The van der Waals surface area contributed by atoms with Gasteiger partial charge in [-0.2, -0.15) is 0 Å². The molecular formula is C30H39N5O6S. The molecule has 0 radical (unpaired) electrons. The Kier molecular flexibility index (Phi) is 8.97. The topological polar surface area (TPSA) is 143 Å². The molecule has 3 N–H and O–H groups in total. The van der Waals surface area contributed by atoms with Crippen molar-refractivity contribution in [1.82, 2.24) is 25.1 Å². The molecule has 226 valence electrons. The standard InChI is InChI=1S/C30H39N5O6S/c1-19(2)35-26-9-5-4-7-20(26)13-27(29(35)37)41-30(38)33-22-14-23-10-11-24(15-22)34(23)18-25(36)17-32-28(42(3,39)40)21-8-6-12-31-16-21/h4-9,12-13,16,19,22-25,28,32,36H,10-11,14-15,17-18H2,1-3H3,(H,33,38)/t22-,23-,24+,25?,28?. The van der Waals surface area contributed by atoms with Crippen LogP contribution in [0, 0.1) is 0 Å². The highest BCUT2D eigenvalue weighted by molar-refractivity contribution is 7.90. The van der Waals surface area contributed by atoms with E-state index in [-0.39, 0.29) is 42.0 Å². The molecule has 2 aliphatic heterocycles. The molecule has 1 amide bonds. The molecule has 2 unspecified atom stereocenters. The van der Waals surface area contributed by atoms with E-state index in [4.69, 9.17) is 4.74 Å². The van der Waals surface area contributed by atoms with Crippen LogP contribution < -0.4 is 20.9 Å². The van der Waals surface area contributed by atoms with E-state index in [1.165, 1.54) is 6.20 Å². The maximum atomic E-state index is 13.1. The first-order valence-corrected chi connectivity index (χ1v) is 16.3. The summed E-state index contributed by atoms with van der Waals surface area (Å²) in [6.45, 7) is 4.34. The van der Waals surface area contributed by atoms with E-state index in [1.807, 2.05) is 38.1 Å². The van der Waals surface area contributed by atoms with Gasteiger partial charge in [-0.05, 0) is 57.7 Å². The third kappa shape index (κ3) is 6.67. The maximum absolute atomic E-state index is 13.1. The summed E-state index contributed by atoms with van der Waals surface area (Å²) in [7, 11) is -3.47. The van der Waals surface area contributed by atoms with Gasteiger partial charge in [-0.3, -0.25) is 20.0 Å². The predicted molar refractivity (Wildman–Crippen MR) is 160 cm³/mol. The largest absolute Gasteiger partial charge is 0.413 e. The summed E-state index contributed by atoms with van der Waals surface area (Å²) >= 11 is 0. The Labute approximate surface area is 245 Å². The number of pyridine rings is 2. The van der Waals surface area contributed by atoms with Gasteiger partial charge in [0.2, 0.25) is 0 Å². The lowest BCUT2D eigenvalue weighted by Gasteiger charge is -2.40. The Morgan fingerprint density at radius 2 is 1.86 bits per heavy atom. The molecule has 11 nitrogen and oxygen atoms in total. The minimum absolute atomic E-state index is 0.00499. The van der Waals surface area contributed by atoms with E-state index in [0.29, 0.717) is 24.9 Å². The van der Waals surface area contributed by atoms with Crippen LogP contribution in [-0.4, -0.2) is 77.6 Å². The number of nitrogens with zero attached hydrogens (tertiary/aromatic N) is 3. The van der Waals surface area contributed by atoms with E-state index in [1.54, 1.807) is 29.0 Å². The highest BCUT2D eigenvalue weighted by Crippen LogP contribution is 2.36. The number of hydrogen-bond acceptors (Lipinski definition) is 9. The van der Waals surface area contributed by atoms with Crippen molar-refractivity contribution in [3.63, 3.8) is 0 Å². The lowest BCUT2D eigenvalue weighted by molar-refractivity contribution is 0.0521. The van der Waals surface area contributed by atoms with E-state index >= 15 is 0 Å². The maximum Gasteiger partial charge on any atom is 0.413 e. The smallest absolute Gasteiger partial charge is 0.404 e. The Morgan fingerprint density at radius 3 is 2.50 bits per heavy atom. The molecule has 2 fully saturated rings. The molecule has 5 atom stereocenters. The number of rotatable bonds is 10. The first kappa shape index (κ1) is 30.1. The molecular weight excluding hydrogens is 558 g/mol. The average Bonchev–Trinajstić information content (AvgIpc) is 3.15. The second-order valence-corrected chi connectivity index (χ2v) is 13.8. The molecule has 2 aromatic heterocycles. The fourth-order valence-electron chi connectivity index (χ4n) is 6.43. The number of carbonyl (C=O) groups excluding carboxylic acids is 1. The molecule has 42 heavy (non-hydrogen) atoms. The Morgan fingerprint density at radius 1 is 1.14 bits per heavy atom.